The molecule has 102 valence electrons. The molecule has 0 heterocycles. The number of carbonyl (C=O) groups is 1. The molecule has 0 aromatic heterocycles. The maximum Gasteiger partial charge on any atom is 0.226 e. The van der Waals surface area contributed by atoms with Crippen LogP contribution in [0.1, 0.15) is 35.8 Å². The summed E-state index contributed by atoms with van der Waals surface area (Å²) in [5.74, 6) is -0.00425. The minimum absolute atomic E-state index is 0.00425. The lowest BCUT2D eigenvalue weighted by Crippen LogP contribution is -2.12. The van der Waals surface area contributed by atoms with Crippen LogP contribution >= 0.6 is 11.9 Å². The molecule has 2 aromatic rings. The Labute approximate surface area is 123 Å². The van der Waals surface area contributed by atoms with Gasteiger partial charge in [0.2, 0.25) is 5.91 Å². The smallest absolute Gasteiger partial charge is 0.226 e. The van der Waals surface area contributed by atoms with Crippen LogP contribution in [0.15, 0.2) is 42.5 Å². The molecule has 0 spiro atoms. The van der Waals surface area contributed by atoms with Crippen LogP contribution in [0.3, 0.4) is 0 Å². The summed E-state index contributed by atoms with van der Waals surface area (Å²) in [5, 5.41) is 0.257. The van der Waals surface area contributed by atoms with E-state index in [1.807, 2.05) is 0 Å². The van der Waals surface area contributed by atoms with Gasteiger partial charge in [0.05, 0.1) is 0 Å². The number of fused-ring (bicyclic) bond motifs is 3. The van der Waals surface area contributed by atoms with Crippen molar-refractivity contribution in [1.82, 2.24) is 4.72 Å². The summed E-state index contributed by atoms with van der Waals surface area (Å²) < 4.78 is 2.81. The highest BCUT2D eigenvalue weighted by Crippen LogP contribution is 2.38. The van der Waals surface area contributed by atoms with Gasteiger partial charge in [0.1, 0.15) is 0 Å². The standard InChI is InChI=1S/C17H17NOS/c1-11(20-18-12(2)19)13-7-8-17-15(9-13)10-14-5-3-4-6-16(14)17/h3-9,11H,10H2,1-2H3,(H,18,19). The zero-order valence-electron chi connectivity index (χ0n) is 11.6. The molecule has 20 heavy (non-hydrogen) atoms. The average Bonchev–Trinajstić information content (AvgIpc) is 2.82. The minimum atomic E-state index is -0.00425. The fraction of sp³-hybridized carbons (Fsp3) is 0.235. The van der Waals surface area contributed by atoms with Crippen molar-refractivity contribution in [3.63, 3.8) is 0 Å². The van der Waals surface area contributed by atoms with Crippen molar-refractivity contribution >= 4 is 17.9 Å². The van der Waals surface area contributed by atoms with E-state index >= 15 is 0 Å². The molecule has 2 aromatic carbocycles. The molecule has 3 heteroatoms. The monoisotopic (exact) mass is 283 g/mol. The van der Waals surface area contributed by atoms with Crippen LogP contribution in [0.5, 0.6) is 0 Å². The Balaban J connectivity index is 1.85. The van der Waals surface area contributed by atoms with Crippen LogP contribution < -0.4 is 4.72 Å². The lowest BCUT2D eigenvalue weighted by Gasteiger charge is -2.13. The van der Waals surface area contributed by atoms with E-state index < -0.39 is 0 Å². The molecule has 0 fully saturated rings. The van der Waals surface area contributed by atoms with Crippen molar-refractivity contribution in [1.29, 1.82) is 0 Å². The molecular formula is C17H17NOS. The van der Waals surface area contributed by atoms with Gasteiger partial charge in [0.25, 0.3) is 0 Å². The number of amides is 1. The first-order valence-electron chi connectivity index (χ1n) is 6.78. The van der Waals surface area contributed by atoms with Crippen molar-refractivity contribution < 1.29 is 4.79 Å². The number of rotatable bonds is 3. The molecule has 0 radical (unpaired) electrons. The summed E-state index contributed by atoms with van der Waals surface area (Å²) in [4.78, 5) is 11.0. The Kier molecular flexibility index (Phi) is 3.53. The van der Waals surface area contributed by atoms with Crippen molar-refractivity contribution in [3.8, 4) is 11.1 Å². The maximum atomic E-state index is 11.0. The fourth-order valence-electron chi connectivity index (χ4n) is 2.66. The second-order valence-corrected chi connectivity index (χ2v) is 6.32. The Bertz CT molecular complexity index is 666. The van der Waals surface area contributed by atoms with Crippen LogP contribution in [-0.4, -0.2) is 5.91 Å². The Morgan fingerprint density at radius 1 is 1.15 bits per heavy atom. The lowest BCUT2D eigenvalue weighted by molar-refractivity contribution is -0.117. The highest BCUT2D eigenvalue weighted by atomic mass is 32.2. The van der Waals surface area contributed by atoms with Crippen LogP contribution in [0.4, 0.5) is 0 Å². The molecule has 0 saturated heterocycles. The highest BCUT2D eigenvalue weighted by molar-refractivity contribution is 7.98. The van der Waals surface area contributed by atoms with E-state index in [-0.39, 0.29) is 11.2 Å². The first-order chi connectivity index (χ1) is 9.65. The van der Waals surface area contributed by atoms with E-state index in [4.69, 9.17) is 0 Å². The van der Waals surface area contributed by atoms with Gasteiger partial charge >= 0.3 is 0 Å². The molecule has 2 nitrogen and oxygen atoms in total. The van der Waals surface area contributed by atoms with Crippen molar-refractivity contribution in [2.24, 2.45) is 0 Å². The molecule has 3 rings (SSSR count). The largest absolute Gasteiger partial charge is 0.300 e. The van der Waals surface area contributed by atoms with Gasteiger partial charge in [-0.2, -0.15) is 0 Å². The van der Waals surface area contributed by atoms with Gasteiger partial charge in [-0.15, -0.1) is 0 Å². The van der Waals surface area contributed by atoms with Gasteiger partial charge in [-0.05, 0) is 53.1 Å². The second-order valence-electron chi connectivity index (χ2n) is 5.17. The lowest BCUT2D eigenvalue weighted by atomic mass is 10.0. The average molecular weight is 283 g/mol. The molecule has 1 aliphatic carbocycles. The van der Waals surface area contributed by atoms with Crippen LogP contribution in [0.2, 0.25) is 0 Å². The van der Waals surface area contributed by atoms with E-state index in [0.717, 1.165) is 6.42 Å². The number of carbonyl (C=O) groups excluding carboxylic acids is 1. The van der Waals surface area contributed by atoms with E-state index in [1.165, 1.54) is 39.8 Å². The minimum Gasteiger partial charge on any atom is -0.300 e. The summed E-state index contributed by atoms with van der Waals surface area (Å²) in [6, 6.07) is 15.2. The molecule has 0 aliphatic heterocycles. The Morgan fingerprint density at radius 2 is 1.90 bits per heavy atom. The van der Waals surface area contributed by atoms with E-state index in [1.54, 1.807) is 6.92 Å². The predicted octanol–water partition coefficient (Wildman–Crippen LogP) is 4.10. The third kappa shape index (κ3) is 2.46. The molecule has 1 aliphatic rings. The number of benzene rings is 2. The Morgan fingerprint density at radius 3 is 2.70 bits per heavy atom. The second kappa shape index (κ2) is 5.33. The summed E-state index contributed by atoms with van der Waals surface area (Å²) in [7, 11) is 0. The van der Waals surface area contributed by atoms with E-state index in [0.29, 0.717) is 0 Å². The molecular weight excluding hydrogens is 266 g/mol. The van der Waals surface area contributed by atoms with Gasteiger partial charge in [0, 0.05) is 12.2 Å². The van der Waals surface area contributed by atoms with Crippen LogP contribution in [0.25, 0.3) is 11.1 Å². The normalized spacial score (nSPS) is 13.5. The number of hydrogen-bond donors (Lipinski definition) is 1. The van der Waals surface area contributed by atoms with Gasteiger partial charge in [-0.3, -0.25) is 9.52 Å². The van der Waals surface area contributed by atoms with Crippen molar-refractivity contribution in [3.05, 3.63) is 59.2 Å². The third-order valence-corrected chi connectivity index (χ3v) is 4.70. The fourth-order valence-corrected chi connectivity index (χ4v) is 3.28. The zero-order valence-corrected chi connectivity index (χ0v) is 12.5. The van der Waals surface area contributed by atoms with Crippen LogP contribution in [0, 0.1) is 0 Å². The van der Waals surface area contributed by atoms with Crippen LogP contribution in [-0.2, 0) is 11.2 Å². The van der Waals surface area contributed by atoms with Gasteiger partial charge in [-0.25, -0.2) is 0 Å². The number of hydrogen-bond acceptors (Lipinski definition) is 2. The number of nitrogens with one attached hydrogen (secondary N) is 1. The van der Waals surface area contributed by atoms with Gasteiger partial charge in [0.15, 0.2) is 0 Å². The van der Waals surface area contributed by atoms with Crippen molar-refractivity contribution in [2.45, 2.75) is 25.5 Å². The topological polar surface area (TPSA) is 29.1 Å². The SMILES string of the molecule is CC(=O)NSC(C)c1ccc2c(c1)Cc1ccccc1-2. The highest BCUT2D eigenvalue weighted by Gasteiger charge is 2.19. The van der Waals surface area contributed by atoms with Gasteiger partial charge < -0.3 is 0 Å². The first-order valence-corrected chi connectivity index (χ1v) is 7.66. The summed E-state index contributed by atoms with van der Waals surface area (Å²) in [6.45, 7) is 3.66. The Hall–Kier alpha value is -1.74. The summed E-state index contributed by atoms with van der Waals surface area (Å²) >= 11 is 1.47. The quantitative estimate of drug-likeness (QED) is 0.733. The summed E-state index contributed by atoms with van der Waals surface area (Å²) in [5.41, 5.74) is 6.76. The molecule has 0 saturated carbocycles. The van der Waals surface area contributed by atoms with Crippen molar-refractivity contribution in [2.75, 3.05) is 0 Å². The molecule has 0 bridgehead atoms. The zero-order chi connectivity index (χ0) is 14.1. The first kappa shape index (κ1) is 13.3. The van der Waals surface area contributed by atoms with E-state index in [9.17, 15) is 4.79 Å². The maximum absolute atomic E-state index is 11.0. The molecule has 1 atom stereocenters. The summed E-state index contributed by atoms with van der Waals surface area (Å²) in [6.07, 6.45) is 1.01. The molecule has 1 unspecified atom stereocenters. The van der Waals surface area contributed by atoms with E-state index in [2.05, 4.69) is 54.1 Å². The van der Waals surface area contributed by atoms with Gasteiger partial charge in [-0.1, -0.05) is 42.5 Å². The third-order valence-electron chi connectivity index (χ3n) is 3.67. The predicted molar refractivity (Wildman–Crippen MR) is 84.5 cm³/mol. The molecule has 1 N–H and O–H groups in total. The molecule has 1 amide bonds.